The van der Waals surface area contributed by atoms with Gasteiger partial charge in [0.25, 0.3) is 10.2 Å². The monoisotopic (exact) mass is 319 g/mol. The number of nitrogens with one attached hydrogen (secondary N) is 2. The van der Waals surface area contributed by atoms with Crippen LogP contribution in [0.5, 0.6) is 0 Å². The van der Waals surface area contributed by atoms with Crippen molar-refractivity contribution in [2.75, 3.05) is 26.3 Å². The average molecular weight is 319 g/mol. The molecule has 0 fully saturated rings. The fraction of sp³-hybridized carbons (Fsp3) is 0.667. The average Bonchev–Trinajstić information content (AvgIpc) is 2.37. The molecule has 114 valence electrons. The van der Waals surface area contributed by atoms with Gasteiger partial charge in [0, 0.05) is 13.1 Å². The quantitative estimate of drug-likeness (QED) is 0.312. The Hall–Kier alpha value is -0.740. The van der Waals surface area contributed by atoms with Crippen LogP contribution >= 0.6 is 11.9 Å². The minimum absolute atomic E-state index is 0.172. The molecule has 0 aromatic rings. The lowest BCUT2D eigenvalue weighted by Crippen LogP contribution is -2.37. The van der Waals surface area contributed by atoms with Gasteiger partial charge in [0.1, 0.15) is 4.75 Å². The highest BCUT2D eigenvalue weighted by Crippen LogP contribution is 2.20. The SMILES string of the molecule is CC#CC(C)(C#CC)SNS(=O)(=O)NCCOCCN. The van der Waals surface area contributed by atoms with E-state index >= 15 is 0 Å². The van der Waals surface area contributed by atoms with E-state index in [1.165, 1.54) is 0 Å². The Bertz CT molecular complexity index is 478. The third-order valence-electron chi connectivity index (χ3n) is 1.88. The Balaban J connectivity index is 4.30. The van der Waals surface area contributed by atoms with Gasteiger partial charge in [-0.05, 0) is 32.7 Å². The van der Waals surface area contributed by atoms with Crippen molar-refractivity contribution in [1.29, 1.82) is 0 Å². The smallest absolute Gasteiger partial charge is 0.286 e. The first kappa shape index (κ1) is 19.3. The topological polar surface area (TPSA) is 93.5 Å². The van der Waals surface area contributed by atoms with E-state index < -0.39 is 15.0 Å². The van der Waals surface area contributed by atoms with Crippen LogP contribution in [0.1, 0.15) is 20.8 Å². The predicted molar refractivity (Wildman–Crippen MR) is 82.8 cm³/mol. The predicted octanol–water partition coefficient (Wildman–Crippen LogP) is -0.161. The Labute approximate surface area is 125 Å². The van der Waals surface area contributed by atoms with Gasteiger partial charge in [0.2, 0.25) is 0 Å². The summed E-state index contributed by atoms with van der Waals surface area (Å²) in [5, 5.41) is 0. The summed E-state index contributed by atoms with van der Waals surface area (Å²) >= 11 is 0.940. The third kappa shape index (κ3) is 9.21. The summed E-state index contributed by atoms with van der Waals surface area (Å²) in [5.74, 6) is 11.2. The lowest BCUT2D eigenvalue weighted by Gasteiger charge is -2.16. The molecule has 8 heteroatoms. The van der Waals surface area contributed by atoms with E-state index in [9.17, 15) is 8.42 Å². The first-order valence-corrected chi connectivity index (χ1v) is 8.29. The summed E-state index contributed by atoms with van der Waals surface area (Å²) in [7, 11) is -3.62. The summed E-state index contributed by atoms with van der Waals surface area (Å²) in [6.45, 7) is 6.35. The highest BCUT2D eigenvalue weighted by atomic mass is 32.3. The molecule has 0 aromatic carbocycles. The number of ether oxygens (including phenoxy) is 1. The summed E-state index contributed by atoms with van der Waals surface area (Å²) in [5.41, 5.74) is 5.24. The summed E-state index contributed by atoms with van der Waals surface area (Å²) in [6, 6.07) is 0. The molecule has 0 aliphatic heterocycles. The molecule has 0 saturated carbocycles. The van der Waals surface area contributed by atoms with Crippen LogP contribution in [-0.4, -0.2) is 39.5 Å². The van der Waals surface area contributed by atoms with Crippen LogP contribution in [0.15, 0.2) is 0 Å². The van der Waals surface area contributed by atoms with Crippen LogP contribution in [-0.2, 0) is 14.9 Å². The molecule has 0 atom stereocenters. The van der Waals surface area contributed by atoms with Gasteiger partial charge in [-0.25, -0.2) is 0 Å². The lowest BCUT2D eigenvalue weighted by atomic mass is 10.2. The van der Waals surface area contributed by atoms with Gasteiger partial charge in [-0.2, -0.15) is 13.1 Å². The molecule has 0 unspecified atom stereocenters. The van der Waals surface area contributed by atoms with E-state index in [-0.39, 0.29) is 13.2 Å². The molecule has 0 spiro atoms. The van der Waals surface area contributed by atoms with Crippen LogP contribution in [0.2, 0.25) is 0 Å². The fourth-order valence-electron chi connectivity index (χ4n) is 1.16. The second-order valence-electron chi connectivity index (χ2n) is 3.77. The zero-order valence-corrected chi connectivity index (χ0v) is 13.6. The molecule has 0 aromatic heterocycles. The molecule has 6 nitrogen and oxygen atoms in total. The second-order valence-corrected chi connectivity index (χ2v) is 6.75. The Kier molecular flexibility index (Phi) is 9.68. The number of nitrogens with two attached hydrogens (primary N) is 1. The molecule has 0 bridgehead atoms. The van der Waals surface area contributed by atoms with Crippen molar-refractivity contribution < 1.29 is 13.2 Å². The maximum atomic E-state index is 11.7. The van der Waals surface area contributed by atoms with Crippen LogP contribution in [0, 0.1) is 23.7 Å². The number of rotatable bonds is 9. The highest BCUT2D eigenvalue weighted by molar-refractivity contribution is 8.09. The zero-order chi connectivity index (χ0) is 15.5. The van der Waals surface area contributed by atoms with E-state index in [0.29, 0.717) is 13.2 Å². The molecule has 0 aliphatic rings. The minimum Gasteiger partial charge on any atom is -0.379 e. The van der Waals surface area contributed by atoms with Crippen molar-refractivity contribution >= 4 is 22.2 Å². The van der Waals surface area contributed by atoms with Gasteiger partial charge in [-0.15, -0.1) is 16.0 Å². The van der Waals surface area contributed by atoms with E-state index in [4.69, 9.17) is 10.5 Å². The van der Waals surface area contributed by atoms with Crippen molar-refractivity contribution in [3.8, 4) is 23.7 Å². The van der Waals surface area contributed by atoms with Crippen molar-refractivity contribution in [3.63, 3.8) is 0 Å². The number of hydrogen-bond acceptors (Lipinski definition) is 5. The molecule has 0 heterocycles. The van der Waals surface area contributed by atoms with Gasteiger partial charge in [0.15, 0.2) is 0 Å². The van der Waals surface area contributed by atoms with Gasteiger partial charge in [-0.3, -0.25) is 0 Å². The van der Waals surface area contributed by atoms with Crippen LogP contribution in [0.4, 0.5) is 0 Å². The van der Waals surface area contributed by atoms with Gasteiger partial charge in [0.05, 0.1) is 13.2 Å². The first-order chi connectivity index (χ1) is 9.39. The van der Waals surface area contributed by atoms with E-state index in [0.717, 1.165) is 11.9 Å². The molecule has 0 aliphatic carbocycles. The second kappa shape index (κ2) is 10.1. The fourth-order valence-corrected chi connectivity index (χ4v) is 3.16. The zero-order valence-electron chi connectivity index (χ0n) is 11.9. The lowest BCUT2D eigenvalue weighted by molar-refractivity contribution is 0.147. The third-order valence-corrected chi connectivity index (χ3v) is 4.29. The Morgan fingerprint density at radius 1 is 1.25 bits per heavy atom. The maximum Gasteiger partial charge on any atom is 0.286 e. The maximum absolute atomic E-state index is 11.7. The Morgan fingerprint density at radius 3 is 2.35 bits per heavy atom. The molecule has 20 heavy (non-hydrogen) atoms. The van der Waals surface area contributed by atoms with Crippen molar-refractivity contribution in [2.45, 2.75) is 25.5 Å². The largest absolute Gasteiger partial charge is 0.379 e. The van der Waals surface area contributed by atoms with Crippen molar-refractivity contribution in [3.05, 3.63) is 0 Å². The van der Waals surface area contributed by atoms with Crippen molar-refractivity contribution in [1.82, 2.24) is 8.85 Å². The minimum atomic E-state index is -3.62. The van der Waals surface area contributed by atoms with Crippen LogP contribution in [0.25, 0.3) is 0 Å². The van der Waals surface area contributed by atoms with E-state index in [1.807, 2.05) is 0 Å². The van der Waals surface area contributed by atoms with Gasteiger partial charge >= 0.3 is 0 Å². The van der Waals surface area contributed by atoms with Gasteiger partial charge in [-0.1, -0.05) is 11.8 Å². The summed E-state index contributed by atoms with van der Waals surface area (Å²) in [4.78, 5) is 0. The van der Waals surface area contributed by atoms with Crippen LogP contribution in [0.3, 0.4) is 0 Å². The molecular formula is C12H21N3O3S2. The molecule has 0 radical (unpaired) electrons. The first-order valence-electron chi connectivity index (χ1n) is 5.99. The van der Waals surface area contributed by atoms with Gasteiger partial charge < -0.3 is 10.5 Å². The summed E-state index contributed by atoms with van der Waals surface area (Å²) in [6.07, 6.45) is 0. The summed E-state index contributed by atoms with van der Waals surface area (Å²) < 4.78 is 32.4. The molecule has 0 rings (SSSR count). The highest BCUT2D eigenvalue weighted by Gasteiger charge is 2.22. The van der Waals surface area contributed by atoms with Crippen molar-refractivity contribution in [2.24, 2.45) is 5.73 Å². The molecular weight excluding hydrogens is 298 g/mol. The molecule has 0 amide bonds. The normalized spacial score (nSPS) is 11.2. The number of hydrogen-bond donors (Lipinski definition) is 3. The molecule has 4 N–H and O–H groups in total. The molecule has 0 saturated heterocycles. The van der Waals surface area contributed by atoms with Crippen LogP contribution < -0.4 is 14.6 Å². The van der Waals surface area contributed by atoms with E-state index in [1.54, 1.807) is 20.8 Å². The standard InChI is InChI=1S/C12H21N3O3S2/c1-4-6-12(3,7-5-2)19-15-20(16,17)14-9-11-18-10-8-13/h14-15H,8-11,13H2,1-3H3. The Morgan fingerprint density at radius 2 is 1.85 bits per heavy atom. The van der Waals surface area contributed by atoms with E-state index in [2.05, 4.69) is 32.5 Å².